The standard InChI is InChI=1S/C13H25N/c1-4-13(2)9-5-6-12(7-10-13)8-11-14-3/h6,14H,4-5,7-11H2,1-3H3/t13-/m1/s1. The lowest BCUT2D eigenvalue weighted by molar-refractivity contribution is 0.269. The van der Waals surface area contributed by atoms with Crippen LogP contribution in [0.3, 0.4) is 0 Å². The van der Waals surface area contributed by atoms with Crippen molar-refractivity contribution in [2.24, 2.45) is 5.41 Å². The topological polar surface area (TPSA) is 12.0 Å². The van der Waals surface area contributed by atoms with Gasteiger partial charge in [-0.1, -0.05) is 31.9 Å². The SMILES string of the molecule is CC[C@]1(C)CCC=C(CCNC)CC1. The zero-order chi connectivity index (χ0) is 10.4. The van der Waals surface area contributed by atoms with E-state index in [1.54, 1.807) is 5.57 Å². The molecule has 0 aliphatic heterocycles. The quantitative estimate of drug-likeness (QED) is 0.677. The van der Waals surface area contributed by atoms with Gasteiger partial charge in [0.1, 0.15) is 0 Å². The molecule has 0 radical (unpaired) electrons. The fraction of sp³-hybridized carbons (Fsp3) is 0.846. The lowest BCUT2D eigenvalue weighted by Crippen LogP contribution is -2.14. The van der Waals surface area contributed by atoms with Gasteiger partial charge in [0, 0.05) is 0 Å². The summed E-state index contributed by atoms with van der Waals surface area (Å²) in [6.07, 6.45) is 10.5. The van der Waals surface area contributed by atoms with E-state index in [1.807, 2.05) is 7.05 Å². The molecule has 1 heteroatoms. The Labute approximate surface area is 89.0 Å². The maximum Gasteiger partial charge on any atom is -0.00146 e. The van der Waals surface area contributed by atoms with E-state index >= 15 is 0 Å². The van der Waals surface area contributed by atoms with E-state index in [9.17, 15) is 0 Å². The molecule has 0 bridgehead atoms. The van der Waals surface area contributed by atoms with Gasteiger partial charge < -0.3 is 5.32 Å². The average Bonchev–Trinajstić information content (AvgIpc) is 2.39. The molecule has 1 atom stereocenters. The van der Waals surface area contributed by atoms with Crippen molar-refractivity contribution in [1.29, 1.82) is 0 Å². The molecule has 14 heavy (non-hydrogen) atoms. The van der Waals surface area contributed by atoms with E-state index in [2.05, 4.69) is 25.2 Å². The van der Waals surface area contributed by atoms with Crippen molar-refractivity contribution in [2.45, 2.75) is 52.4 Å². The summed E-state index contributed by atoms with van der Waals surface area (Å²) in [7, 11) is 2.04. The first-order chi connectivity index (χ1) is 6.70. The van der Waals surface area contributed by atoms with Crippen molar-refractivity contribution in [3.63, 3.8) is 0 Å². The van der Waals surface area contributed by atoms with Gasteiger partial charge in [-0.15, -0.1) is 0 Å². The van der Waals surface area contributed by atoms with Crippen molar-refractivity contribution < 1.29 is 0 Å². The maximum absolute atomic E-state index is 3.23. The van der Waals surface area contributed by atoms with Gasteiger partial charge in [-0.05, 0) is 51.1 Å². The van der Waals surface area contributed by atoms with E-state index in [4.69, 9.17) is 0 Å². The first kappa shape index (κ1) is 11.8. The van der Waals surface area contributed by atoms with E-state index in [0.29, 0.717) is 5.41 Å². The van der Waals surface area contributed by atoms with Crippen molar-refractivity contribution in [3.05, 3.63) is 11.6 Å². The van der Waals surface area contributed by atoms with E-state index in [-0.39, 0.29) is 0 Å². The molecule has 1 N–H and O–H groups in total. The van der Waals surface area contributed by atoms with Crippen LogP contribution in [0.4, 0.5) is 0 Å². The summed E-state index contributed by atoms with van der Waals surface area (Å²) in [6, 6.07) is 0. The Morgan fingerprint density at radius 2 is 2.21 bits per heavy atom. The van der Waals surface area contributed by atoms with Gasteiger partial charge >= 0.3 is 0 Å². The van der Waals surface area contributed by atoms with Crippen LogP contribution in [-0.4, -0.2) is 13.6 Å². The second kappa shape index (κ2) is 5.55. The molecule has 0 aromatic heterocycles. The summed E-state index contributed by atoms with van der Waals surface area (Å²) in [5.41, 5.74) is 2.29. The molecule has 0 heterocycles. The summed E-state index contributed by atoms with van der Waals surface area (Å²) in [5, 5.41) is 3.23. The van der Waals surface area contributed by atoms with Crippen LogP contribution in [0.25, 0.3) is 0 Å². The molecule has 0 saturated carbocycles. The highest BCUT2D eigenvalue weighted by molar-refractivity contribution is 5.06. The van der Waals surface area contributed by atoms with Gasteiger partial charge in [-0.3, -0.25) is 0 Å². The molecule has 1 nitrogen and oxygen atoms in total. The Morgan fingerprint density at radius 3 is 2.86 bits per heavy atom. The van der Waals surface area contributed by atoms with Gasteiger partial charge in [-0.25, -0.2) is 0 Å². The minimum Gasteiger partial charge on any atom is -0.319 e. The zero-order valence-electron chi connectivity index (χ0n) is 10.0. The van der Waals surface area contributed by atoms with Crippen LogP contribution >= 0.6 is 0 Å². The Kier molecular flexibility index (Phi) is 4.67. The fourth-order valence-corrected chi connectivity index (χ4v) is 2.18. The van der Waals surface area contributed by atoms with Crippen LogP contribution in [0, 0.1) is 5.41 Å². The van der Waals surface area contributed by atoms with Crippen LogP contribution in [-0.2, 0) is 0 Å². The highest BCUT2D eigenvalue weighted by Gasteiger charge is 2.23. The van der Waals surface area contributed by atoms with E-state index in [1.165, 1.54) is 38.5 Å². The molecule has 1 aliphatic rings. The summed E-state index contributed by atoms with van der Waals surface area (Å²) < 4.78 is 0. The Morgan fingerprint density at radius 1 is 1.43 bits per heavy atom. The predicted molar refractivity (Wildman–Crippen MR) is 63.5 cm³/mol. The average molecular weight is 195 g/mol. The van der Waals surface area contributed by atoms with Gasteiger partial charge in [0.2, 0.25) is 0 Å². The largest absolute Gasteiger partial charge is 0.319 e. The Hall–Kier alpha value is -0.300. The first-order valence-electron chi connectivity index (χ1n) is 6.03. The maximum atomic E-state index is 3.23. The molecule has 0 fully saturated rings. The summed E-state index contributed by atoms with van der Waals surface area (Å²) in [6.45, 7) is 5.91. The lowest BCUT2D eigenvalue weighted by atomic mass is 9.80. The third-order valence-electron chi connectivity index (χ3n) is 3.78. The Bertz CT molecular complexity index is 195. The minimum absolute atomic E-state index is 0.609. The molecule has 0 aromatic carbocycles. The van der Waals surface area contributed by atoms with Crippen LogP contribution in [0.2, 0.25) is 0 Å². The number of allylic oxidation sites excluding steroid dienone is 1. The van der Waals surface area contributed by atoms with Crippen LogP contribution in [0.5, 0.6) is 0 Å². The van der Waals surface area contributed by atoms with E-state index < -0.39 is 0 Å². The third kappa shape index (κ3) is 3.45. The van der Waals surface area contributed by atoms with Crippen molar-refractivity contribution in [3.8, 4) is 0 Å². The number of hydrogen-bond donors (Lipinski definition) is 1. The smallest absolute Gasteiger partial charge is 0.00146 e. The molecule has 1 rings (SSSR count). The van der Waals surface area contributed by atoms with Crippen LogP contribution in [0.15, 0.2) is 11.6 Å². The van der Waals surface area contributed by atoms with Gasteiger partial charge in [-0.2, -0.15) is 0 Å². The minimum atomic E-state index is 0.609. The van der Waals surface area contributed by atoms with Crippen LogP contribution in [0.1, 0.15) is 52.4 Å². The van der Waals surface area contributed by atoms with Gasteiger partial charge in [0.25, 0.3) is 0 Å². The molecule has 1 aliphatic carbocycles. The summed E-state index contributed by atoms with van der Waals surface area (Å²) in [5.74, 6) is 0. The van der Waals surface area contributed by atoms with Gasteiger partial charge in [0.05, 0.1) is 0 Å². The normalized spacial score (nSPS) is 28.4. The van der Waals surface area contributed by atoms with E-state index in [0.717, 1.165) is 6.54 Å². The molecule has 0 saturated heterocycles. The summed E-state index contributed by atoms with van der Waals surface area (Å²) in [4.78, 5) is 0. The second-order valence-electron chi connectivity index (χ2n) is 4.92. The highest BCUT2D eigenvalue weighted by Crippen LogP contribution is 2.37. The first-order valence-corrected chi connectivity index (χ1v) is 6.03. The number of hydrogen-bond acceptors (Lipinski definition) is 1. The van der Waals surface area contributed by atoms with Gasteiger partial charge in [0.15, 0.2) is 0 Å². The summed E-state index contributed by atoms with van der Waals surface area (Å²) >= 11 is 0. The lowest BCUT2D eigenvalue weighted by Gasteiger charge is -2.26. The molecule has 0 unspecified atom stereocenters. The molecule has 0 aromatic rings. The molecular formula is C13H25N. The molecule has 82 valence electrons. The fourth-order valence-electron chi connectivity index (χ4n) is 2.18. The van der Waals surface area contributed by atoms with Crippen molar-refractivity contribution in [1.82, 2.24) is 5.32 Å². The Balaban J connectivity index is 2.41. The highest BCUT2D eigenvalue weighted by atomic mass is 14.8. The zero-order valence-corrected chi connectivity index (χ0v) is 10.0. The third-order valence-corrected chi connectivity index (χ3v) is 3.78. The van der Waals surface area contributed by atoms with Crippen molar-refractivity contribution >= 4 is 0 Å². The predicted octanol–water partition coefficient (Wildman–Crippen LogP) is 3.51. The number of rotatable bonds is 4. The molecular weight excluding hydrogens is 170 g/mol. The van der Waals surface area contributed by atoms with Crippen LogP contribution < -0.4 is 5.32 Å². The van der Waals surface area contributed by atoms with Crippen molar-refractivity contribution in [2.75, 3.05) is 13.6 Å². The number of nitrogens with one attached hydrogen (secondary N) is 1. The molecule has 0 spiro atoms. The second-order valence-corrected chi connectivity index (χ2v) is 4.92. The monoisotopic (exact) mass is 195 g/mol. The molecule has 0 amide bonds.